The van der Waals surface area contributed by atoms with E-state index < -0.39 is 16.7 Å². The van der Waals surface area contributed by atoms with Crippen molar-refractivity contribution in [3.8, 4) is 0 Å². The van der Waals surface area contributed by atoms with Gasteiger partial charge in [0.1, 0.15) is 5.57 Å². The number of benzene rings is 3. The first-order valence-corrected chi connectivity index (χ1v) is 16.9. The predicted octanol–water partition coefficient (Wildman–Crippen LogP) is 6.18. The minimum Gasteiger partial charge on any atom is -0.298 e. The normalized spacial score (nSPS) is 20.7. The maximum atomic E-state index is 13.4. The van der Waals surface area contributed by atoms with Gasteiger partial charge in [0, 0.05) is 6.07 Å². The lowest BCUT2D eigenvalue weighted by molar-refractivity contribution is -0.387. The fourth-order valence-corrected chi connectivity index (χ4v) is 8.61. The van der Waals surface area contributed by atoms with Crippen molar-refractivity contribution in [1.82, 2.24) is 10.3 Å². The summed E-state index contributed by atoms with van der Waals surface area (Å²) in [6, 6.07) is 16.7. The second-order valence-electron chi connectivity index (χ2n) is 11.5. The molecule has 14 heteroatoms. The molecule has 0 radical (unpaired) electrons. The number of hydrogen-bond donors (Lipinski definition) is 1. The van der Waals surface area contributed by atoms with Crippen LogP contribution in [0, 0.1) is 28.9 Å². The highest BCUT2D eigenvalue weighted by molar-refractivity contribution is 8.01. The minimum absolute atomic E-state index is 0.0571. The standard InChI is InChI=1S/C33H25N5O6S3/c1-17-6-9-19(10-7-17)37-31(42)23(28(39)35-32(37)45)14-18-8-13-26(25(15-18)38(43)44)46-33-34-24-12-11-20(16-27(24)47-33)36-29(40)21-4-2-3-5-22(21)30(36)41/h6-16,21-22H,2-5H2,1H3,(H,35,39,45)/b23-14+/t21-,22+. The van der Waals surface area contributed by atoms with Crippen LogP contribution in [0.15, 0.2) is 75.5 Å². The number of carbonyl (C=O) groups is 4. The van der Waals surface area contributed by atoms with Crippen molar-refractivity contribution in [2.24, 2.45) is 11.8 Å². The van der Waals surface area contributed by atoms with Crippen molar-refractivity contribution >= 4 is 97.4 Å². The number of fused-ring (bicyclic) bond motifs is 2. The van der Waals surface area contributed by atoms with Gasteiger partial charge in [-0.05, 0) is 80.0 Å². The van der Waals surface area contributed by atoms with Crippen LogP contribution in [-0.4, -0.2) is 38.6 Å². The van der Waals surface area contributed by atoms with Gasteiger partial charge in [-0.1, -0.05) is 48.4 Å². The number of nitro groups is 1. The number of anilines is 2. The van der Waals surface area contributed by atoms with Gasteiger partial charge in [-0.25, -0.2) is 4.98 Å². The minimum atomic E-state index is -0.700. The zero-order valence-corrected chi connectivity index (χ0v) is 27.2. The van der Waals surface area contributed by atoms with Crippen LogP contribution in [0.2, 0.25) is 0 Å². The van der Waals surface area contributed by atoms with Crippen LogP contribution in [0.4, 0.5) is 17.1 Å². The Morgan fingerprint density at radius 1 is 0.957 bits per heavy atom. The van der Waals surface area contributed by atoms with Crippen molar-refractivity contribution in [1.29, 1.82) is 0 Å². The van der Waals surface area contributed by atoms with Gasteiger partial charge >= 0.3 is 0 Å². The lowest BCUT2D eigenvalue weighted by Gasteiger charge is -2.29. The Morgan fingerprint density at radius 3 is 2.32 bits per heavy atom. The number of nitro benzene ring substituents is 1. The fourth-order valence-electron chi connectivity index (χ4n) is 6.19. The molecule has 11 nitrogen and oxygen atoms in total. The molecule has 3 aromatic carbocycles. The van der Waals surface area contributed by atoms with E-state index in [9.17, 15) is 29.3 Å². The van der Waals surface area contributed by atoms with E-state index in [1.807, 2.05) is 19.1 Å². The average Bonchev–Trinajstić information content (AvgIpc) is 3.57. The number of amides is 4. The molecule has 3 aliphatic rings. The molecule has 1 aromatic heterocycles. The molecular weight excluding hydrogens is 659 g/mol. The fraction of sp³-hybridized carbons (Fsp3) is 0.212. The van der Waals surface area contributed by atoms with E-state index in [1.165, 1.54) is 33.3 Å². The second kappa shape index (κ2) is 12.1. The van der Waals surface area contributed by atoms with Gasteiger partial charge in [0.2, 0.25) is 11.8 Å². The van der Waals surface area contributed by atoms with Crippen LogP contribution in [-0.2, 0) is 19.2 Å². The molecule has 2 aliphatic heterocycles. The summed E-state index contributed by atoms with van der Waals surface area (Å²) in [5, 5.41) is 14.6. The van der Waals surface area contributed by atoms with Gasteiger partial charge in [0.15, 0.2) is 9.45 Å². The maximum Gasteiger partial charge on any atom is 0.283 e. The van der Waals surface area contributed by atoms with Gasteiger partial charge in [0.05, 0.1) is 43.2 Å². The first-order chi connectivity index (χ1) is 22.6. The van der Waals surface area contributed by atoms with Gasteiger partial charge < -0.3 is 0 Å². The smallest absolute Gasteiger partial charge is 0.283 e. The molecule has 3 fully saturated rings. The zero-order valence-electron chi connectivity index (χ0n) is 24.8. The molecule has 1 saturated carbocycles. The summed E-state index contributed by atoms with van der Waals surface area (Å²) in [6.07, 6.45) is 4.66. The molecule has 4 aromatic rings. The summed E-state index contributed by atoms with van der Waals surface area (Å²) in [5.74, 6) is -2.16. The first-order valence-electron chi connectivity index (χ1n) is 14.8. The Labute approximate surface area is 281 Å². The monoisotopic (exact) mass is 683 g/mol. The molecule has 2 saturated heterocycles. The second-order valence-corrected chi connectivity index (χ2v) is 14.2. The van der Waals surface area contributed by atoms with E-state index >= 15 is 0 Å². The summed E-state index contributed by atoms with van der Waals surface area (Å²) in [4.78, 5) is 71.4. The lowest BCUT2D eigenvalue weighted by Crippen LogP contribution is -2.54. The van der Waals surface area contributed by atoms with Gasteiger partial charge in [-0.15, -0.1) is 11.3 Å². The Bertz CT molecular complexity index is 2050. The highest BCUT2D eigenvalue weighted by Crippen LogP contribution is 2.43. The summed E-state index contributed by atoms with van der Waals surface area (Å²) in [5.41, 5.74) is 2.45. The molecular formula is C33H25N5O6S3. The first kappa shape index (κ1) is 30.8. The summed E-state index contributed by atoms with van der Waals surface area (Å²) in [7, 11) is 0. The van der Waals surface area contributed by atoms with Gasteiger partial charge in [-0.2, -0.15) is 0 Å². The highest BCUT2D eigenvalue weighted by Gasteiger charge is 2.48. The third-order valence-corrected chi connectivity index (χ3v) is 11.0. The topological polar surface area (TPSA) is 143 Å². The number of thiazole rings is 1. The highest BCUT2D eigenvalue weighted by atomic mass is 32.2. The average molecular weight is 684 g/mol. The van der Waals surface area contributed by atoms with E-state index in [0.29, 0.717) is 26.1 Å². The molecule has 1 aliphatic carbocycles. The summed E-state index contributed by atoms with van der Waals surface area (Å²) < 4.78 is 1.27. The van der Waals surface area contributed by atoms with Crippen molar-refractivity contribution in [3.63, 3.8) is 0 Å². The van der Waals surface area contributed by atoms with E-state index in [1.54, 1.807) is 42.5 Å². The van der Waals surface area contributed by atoms with Crippen molar-refractivity contribution in [3.05, 3.63) is 87.5 Å². The number of nitrogens with zero attached hydrogens (tertiary/aromatic N) is 4. The quantitative estimate of drug-likeness (QED) is 0.0630. The third-order valence-electron chi connectivity index (χ3n) is 8.53. The van der Waals surface area contributed by atoms with Crippen molar-refractivity contribution < 1.29 is 24.1 Å². The Morgan fingerprint density at radius 2 is 1.64 bits per heavy atom. The molecule has 7 rings (SSSR count). The molecule has 2 atom stereocenters. The molecule has 1 N–H and O–H groups in total. The number of aryl methyl sites for hydroxylation is 1. The van der Waals surface area contributed by atoms with E-state index in [-0.39, 0.29) is 45.6 Å². The number of aromatic nitrogens is 1. The summed E-state index contributed by atoms with van der Waals surface area (Å²) >= 11 is 7.66. The molecule has 3 heterocycles. The SMILES string of the molecule is Cc1ccc(N2C(=O)/C(=C/c3ccc(Sc4nc5ccc(N6C(=O)[C@H]7CCCC[C@H]7C6=O)cc5s4)c([N+](=O)[O-])c3)C(=O)NC2=S)cc1. The third kappa shape index (κ3) is 5.62. The lowest BCUT2D eigenvalue weighted by atomic mass is 9.81. The van der Waals surface area contributed by atoms with Crippen molar-refractivity contribution in [2.75, 3.05) is 9.80 Å². The van der Waals surface area contributed by atoms with Gasteiger partial charge in [-0.3, -0.25) is 44.4 Å². The van der Waals surface area contributed by atoms with Crippen molar-refractivity contribution in [2.45, 2.75) is 41.8 Å². The number of imide groups is 1. The van der Waals surface area contributed by atoms with E-state index in [4.69, 9.17) is 12.2 Å². The van der Waals surface area contributed by atoms with Crippen LogP contribution in [0.5, 0.6) is 0 Å². The number of rotatable bonds is 6. The zero-order chi connectivity index (χ0) is 33.0. The van der Waals surface area contributed by atoms with E-state index in [2.05, 4.69) is 10.3 Å². The van der Waals surface area contributed by atoms with Crippen LogP contribution in [0.3, 0.4) is 0 Å². The van der Waals surface area contributed by atoms with Crippen LogP contribution in [0.1, 0.15) is 36.8 Å². The summed E-state index contributed by atoms with van der Waals surface area (Å²) in [6.45, 7) is 1.90. The number of thiocarbonyl (C=S) groups is 1. The van der Waals surface area contributed by atoms with Crippen LogP contribution in [0.25, 0.3) is 16.3 Å². The largest absolute Gasteiger partial charge is 0.298 e. The maximum absolute atomic E-state index is 13.4. The van der Waals surface area contributed by atoms with Crippen LogP contribution < -0.4 is 15.1 Å². The van der Waals surface area contributed by atoms with Crippen LogP contribution >= 0.6 is 35.3 Å². The molecule has 0 unspecified atom stereocenters. The Balaban J connectivity index is 1.15. The molecule has 47 heavy (non-hydrogen) atoms. The predicted molar refractivity (Wildman–Crippen MR) is 182 cm³/mol. The molecule has 4 amide bonds. The van der Waals surface area contributed by atoms with Gasteiger partial charge in [0.25, 0.3) is 17.5 Å². The Hall–Kier alpha value is -4.79. The molecule has 0 spiro atoms. The Kier molecular flexibility index (Phi) is 7.94. The number of carbonyl (C=O) groups excluding carboxylic acids is 4. The number of hydrogen-bond acceptors (Lipinski definition) is 10. The van der Waals surface area contributed by atoms with E-state index in [0.717, 1.165) is 47.7 Å². The number of nitrogens with one attached hydrogen (secondary N) is 1. The molecule has 0 bridgehead atoms. The molecule has 236 valence electrons.